The van der Waals surface area contributed by atoms with Gasteiger partial charge in [0.05, 0.1) is 23.3 Å². The molecule has 1 N–H and O–H groups in total. The number of nitrogens with zero attached hydrogens (tertiary/aromatic N) is 1. The second-order valence-corrected chi connectivity index (χ2v) is 8.51. The molecule has 0 aromatic heterocycles. The van der Waals surface area contributed by atoms with Gasteiger partial charge in [-0.15, -0.1) is 0 Å². The van der Waals surface area contributed by atoms with E-state index >= 15 is 0 Å². The summed E-state index contributed by atoms with van der Waals surface area (Å²) in [5, 5.41) is 13.2. The number of carbonyl (C=O) groups excluding carboxylic acids is 1. The van der Waals surface area contributed by atoms with Crippen LogP contribution in [0.25, 0.3) is 0 Å². The molecule has 152 valence electrons. The highest BCUT2D eigenvalue weighted by Gasteiger charge is 2.42. The molecule has 0 heterocycles. The molecule has 1 fully saturated rings. The number of halogens is 1. The molecule has 1 amide bonds. The van der Waals surface area contributed by atoms with Crippen molar-refractivity contribution in [3.8, 4) is 11.8 Å². The Bertz CT molecular complexity index is 911. The molecule has 5 heteroatoms. The number of anilines is 1. The molecular weight excluding hydrogens is 384 g/mol. The summed E-state index contributed by atoms with van der Waals surface area (Å²) in [5.74, 6) is 0.922. The minimum Gasteiger partial charge on any atom is -0.493 e. The molecule has 0 aliphatic heterocycles. The first-order valence-electron chi connectivity index (χ1n) is 10.2. The van der Waals surface area contributed by atoms with Gasteiger partial charge in [-0.3, -0.25) is 4.79 Å². The summed E-state index contributed by atoms with van der Waals surface area (Å²) >= 11 is 6.48. The van der Waals surface area contributed by atoms with E-state index in [2.05, 4.69) is 25.2 Å². The number of hydrogen-bond acceptors (Lipinski definition) is 3. The molecule has 2 aromatic rings. The molecule has 29 heavy (non-hydrogen) atoms. The van der Waals surface area contributed by atoms with Gasteiger partial charge in [-0.1, -0.05) is 62.9 Å². The van der Waals surface area contributed by atoms with Crippen LogP contribution in [0.4, 0.5) is 5.69 Å². The minimum absolute atomic E-state index is 0.0994. The van der Waals surface area contributed by atoms with Crippen LogP contribution in [0.3, 0.4) is 0 Å². The predicted octanol–water partition coefficient (Wildman–Crippen LogP) is 6.09. The smallest absolute Gasteiger partial charge is 0.235 e. The van der Waals surface area contributed by atoms with E-state index in [0.717, 1.165) is 37.7 Å². The third-order valence-electron chi connectivity index (χ3n) is 5.47. The van der Waals surface area contributed by atoms with Crippen LogP contribution < -0.4 is 10.1 Å². The largest absolute Gasteiger partial charge is 0.493 e. The lowest BCUT2D eigenvalue weighted by Crippen LogP contribution is -2.42. The van der Waals surface area contributed by atoms with Crippen LogP contribution in [-0.4, -0.2) is 12.5 Å². The third-order valence-corrected chi connectivity index (χ3v) is 5.80. The van der Waals surface area contributed by atoms with Gasteiger partial charge in [0.2, 0.25) is 5.91 Å². The Morgan fingerprint density at radius 1 is 1.21 bits per heavy atom. The van der Waals surface area contributed by atoms with Gasteiger partial charge < -0.3 is 10.1 Å². The summed E-state index contributed by atoms with van der Waals surface area (Å²) in [4.78, 5) is 13.5. The molecule has 0 spiro atoms. The van der Waals surface area contributed by atoms with E-state index in [1.54, 1.807) is 18.2 Å². The molecule has 0 radical (unpaired) electrons. The Morgan fingerprint density at radius 3 is 2.59 bits per heavy atom. The molecule has 0 atom stereocenters. The molecule has 0 saturated heterocycles. The summed E-state index contributed by atoms with van der Waals surface area (Å²) in [6.45, 7) is 4.71. The van der Waals surface area contributed by atoms with E-state index in [4.69, 9.17) is 16.3 Å². The van der Waals surface area contributed by atoms with Crippen LogP contribution in [0.1, 0.15) is 57.1 Å². The van der Waals surface area contributed by atoms with Crippen LogP contribution >= 0.6 is 11.6 Å². The highest BCUT2D eigenvalue weighted by atomic mass is 35.5. The van der Waals surface area contributed by atoms with Crippen molar-refractivity contribution in [1.82, 2.24) is 0 Å². The lowest BCUT2D eigenvalue weighted by atomic mass is 9.68. The molecule has 2 aromatic carbocycles. The topological polar surface area (TPSA) is 62.1 Å². The Kier molecular flexibility index (Phi) is 6.82. The van der Waals surface area contributed by atoms with Crippen LogP contribution in [0.2, 0.25) is 5.02 Å². The number of rotatable bonds is 6. The van der Waals surface area contributed by atoms with Crippen LogP contribution in [0, 0.1) is 17.2 Å². The summed E-state index contributed by atoms with van der Waals surface area (Å²) in [5.41, 5.74) is 1.10. The molecule has 0 bridgehead atoms. The van der Waals surface area contributed by atoms with Gasteiger partial charge in [-0.25, -0.2) is 0 Å². The quantitative estimate of drug-likeness (QED) is 0.626. The Balaban J connectivity index is 1.89. The lowest BCUT2D eigenvalue weighted by molar-refractivity contribution is -0.122. The molecular formula is C24H27ClN2O2. The fourth-order valence-corrected chi connectivity index (χ4v) is 4.26. The van der Waals surface area contributed by atoms with Crippen molar-refractivity contribution in [3.63, 3.8) is 0 Å². The van der Waals surface area contributed by atoms with Crippen molar-refractivity contribution in [1.29, 1.82) is 5.26 Å². The highest BCUT2D eigenvalue weighted by Crippen LogP contribution is 2.43. The molecule has 3 rings (SSSR count). The van der Waals surface area contributed by atoms with E-state index < -0.39 is 5.41 Å². The Morgan fingerprint density at radius 2 is 1.93 bits per heavy atom. The number of nitriles is 1. The van der Waals surface area contributed by atoms with E-state index in [1.807, 2.05) is 24.3 Å². The number of carbonyl (C=O) groups is 1. The number of amides is 1. The van der Waals surface area contributed by atoms with Gasteiger partial charge in [0.1, 0.15) is 11.8 Å². The number of hydrogen-bond donors (Lipinski definition) is 1. The number of ether oxygens (including phenoxy) is 1. The van der Waals surface area contributed by atoms with E-state index in [1.165, 1.54) is 0 Å². The highest BCUT2D eigenvalue weighted by molar-refractivity contribution is 6.31. The van der Waals surface area contributed by atoms with Crippen LogP contribution in [-0.2, 0) is 10.2 Å². The first-order valence-corrected chi connectivity index (χ1v) is 10.6. The maximum absolute atomic E-state index is 13.5. The molecule has 1 aliphatic rings. The first-order chi connectivity index (χ1) is 14.0. The van der Waals surface area contributed by atoms with Crippen LogP contribution in [0.5, 0.6) is 5.75 Å². The molecule has 4 nitrogen and oxygen atoms in total. The number of benzene rings is 2. The van der Waals surface area contributed by atoms with Crippen LogP contribution in [0.15, 0.2) is 42.5 Å². The van der Waals surface area contributed by atoms with Crippen molar-refractivity contribution in [3.05, 3.63) is 58.6 Å². The fraction of sp³-hybridized carbons (Fsp3) is 0.417. The van der Waals surface area contributed by atoms with E-state index in [0.29, 0.717) is 34.5 Å². The second-order valence-electron chi connectivity index (χ2n) is 8.10. The SMILES string of the molecule is CC(C)COc1ccc(NC(=O)C2(c3ccccc3Cl)CCCCC2)c(C#N)c1. The Labute approximate surface area is 177 Å². The monoisotopic (exact) mass is 410 g/mol. The second kappa shape index (κ2) is 9.33. The normalized spacial score (nSPS) is 15.6. The summed E-state index contributed by atoms with van der Waals surface area (Å²) < 4.78 is 5.71. The predicted molar refractivity (Wildman–Crippen MR) is 116 cm³/mol. The summed E-state index contributed by atoms with van der Waals surface area (Å²) in [6.07, 6.45) is 4.57. The molecule has 0 unspecified atom stereocenters. The summed E-state index contributed by atoms with van der Waals surface area (Å²) in [7, 11) is 0. The van der Waals surface area contributed by atoms with E-state index in [-0.39, 0.29) is 5.91 Å². The summed E-state index contributed by atoms with van der Waals surface area (Å²) in [6, 6.07) is 15.0. The van der Waals surface area contributed by atoms with Gasteiger partial charge in [-0.2, -0.15) is 5.26 Å². The maximum atomic E-state index is 13.5. The molecule has 1 aliphatic carbocycles. The average molecular weight is 411 g/mol. The third kappa shape index (κ3) is 4.74. The van der Waals surface area contributed by atoms with Gasteiger partial charge in [0.15, 0.2) is 0 Å². The zero-order chi connectivity index (χ0) is 20.9. The fourth-order valence-electron chi connectivity index (χ4n) is 3.94. The zero-order valence-corrected chi connectivity index (χ0v) is 17.8. The van der Waals surface area contributed by atoms with Crippen molar-refractivity contribution in [2.24, 2.45) is 5.92 Å². The maximum Gasteiger partial charge on any atom is 0.235 e. The van der Waals surface area contributed by atoms with Gasteiger partial charge in [0, 0.05) is 5.02 Å². The number of nitrogens with one attached hydrogen (secondary N) is 1. The average Bonchev–Trinajstić information content (AvgIpc) is 2.73. The van der Waals surface area contributed by atoms with Crippen molar-refractivity contribution in [2.75, 3.05) is 11.9 Å². The van der Waals surface area contributed by atoms with Gasteiger partial charge in [-0.05, 0) is 48.6 Å². The van der Waals surface area contributed by atoms with Crippen molar-refractivity contribution in [2.45, 2.75) is 51.4 Å². The van der Waals surface area contributed by atoms with E-state index in [9.17, 15) is 10.1 Å². The zero-order valence-electron chi connectivity index (χ0n) is 17.0. The van der Waals surface area contributed by atoms with Crippen molar-refractivity contribution >= 4 is 23.2 Å². The first kappa shape index (κ1) is 21.2. The standard InChI is InChI=1S/C24H27ClN2O2/c1-17(2)16-29-19-10-11-22(18(14-19)15-26)27-23(28)24(12-6-3-7-13-24)20-8-4-5-9-21(20)25/h4-5,8-11,14,17H,3,6-7,12-13,16H2,1-2H3,(H,27,28). The van der Waals surface area contributed by atoms with Gasteiger partial charge in [0.25, 0.3) is 0 Å². The van der Waals surface area contributed by atoms with Crippen molar-refractivity contribution < 1.29 is 9.53 Å². The van der Waals surface area contributed by atoms with Gasteiger partial charge >= 0.3 is 0 Å². The minimum atomic E-state index is -0.671. The Hall–Kier alpha value is -2.51. The molecule has 1 saturated carbocycles. The lowest BCUT2D eigenvalue weighted by Gasteiger charge is -2.37.